The number of phenolic OH excluding ortho intramolecular Hbond substituents is 1. The number of amides is 4. The number of ether oxygens (including phenoxy) is 1. The minimum Gasteiger partial charge on any atom is -0.508 e. The Labute approximate surface area is 240 Å². The van der Waals surface area contributed by atoms with Crippen LogP contribution in [0.2, 0.25) is 0 Å². The molecule has 15 heteroatoms. The van der Waals surface area contributed by atoms with Gasteiger partial charge in [-0.3, -0.25) is 33.8 Å². The molecule has 4 amide bonds. The number of imide groups is 2. The molecule has 0 bridgehead atoms. The number of carboxylic acid groups (broad SMARTS) is 1. The Kier molecular flexibility index (Phi) is 6.85. The number of hydrogen-bond donors (Lipinski definition) is 2. The van der Waals surface area contributed by atoms with E-state index in [1.807, 2.05) is 0 Å². The third-order valence-corrected chi connectivity index (χ3v) is 9.83. The van der Waals surface area contributed by atoms with Gasteiger partial charge in [0.2, 0.25) is 11.8 Å². The molecule has 0 spiro atoms. The number of carbonyl (C=O) groups excluding carboxylic acids is 4. The third-order valence-electron chi connectivity index (χ3n) is 8.42. The Balaban J connectivity index is 1.64. The van der Waals surface area contributed by atoms with Gasteiger partial charge in [-0.2, -0.15) is 0 Å². The molecule has 6 unspecified atom stereocenters. The van der Waals surface area contributed by atoms with Crippen LogP contribution in [0.3, 0.4) is 0 Å². The highest BCUT2D eigenvalue weighted by Crippen LogP contribution is 2.66. The summed E-state index contributed by atoms with van der Waals surface area (Å²) in [6, 6.07) is 2.62. The van der Waals surface area contributed by atoms with Gasteiger partial charge in [0.15, 0.2) is 9.75 Å². The summed E-state index contributed by atoms with van der Waals surface area (Å²) in [7, 11) is 1.15. The van der Waals surface area contributed by atoms with Gasteiger partial charge < -0.3 is 14.9 Å². The fraction of sp³-hybridized carbons (Fsp3) is 0.500. The molecule has 2 aliphatic heterocycles. The lowest BCUT2D eigenvalue weighted by molar-refractivity contribution is -0.274. The van der Waals surface area contributed by atoms with E-state index in [0.717, 1.165) is 30.1 Å². The van der Waals surface area contributed by atoms with E-state index in [9.17, 15) is 42.3 Å². The van der Waals surface area contributed by atoms with Crippen LogP contribution in [0.25, 0.3) is 0 Å². The molecule has 2 aliphatic carbocycles. The summed E-state index contributed by atoms with van der Waals surface area (Å²) in [5.74, 6) is -9.77. The van der Waals surface area contributed by atoms with Crippen LogP contribution in [0, 0.1) is 17.8 Å². The van der Waals surface area contributed by atoms with Gasteiger partial charge in [0, 0.05) is 31.5 Å². The van der Waals surface area contributed by atoms with Gasteiger partial charge in [0.25, 0.3) is 11.8 Å². The van der Waals surface area contributed by atoms with Gasteiger partial charge in [0.05, 0.1) is 11.8 Å². The van der Waals surface area contributed by atoms with Crippen LogP contribution < -0.4 is 4.74 Å². The summed E-state index contributed by atoms with van der Waals surface area (Å²) in [4.78, 5) is 61.8. The predicted octanol–water partition coefficient (Wildman–Crippen LogP) is 3.14. The van der Waals surface area contributed by atoms with E-state index >= 15 is 0 Å². The van der Waals surface area contributed by atoms with E-state index < -0.39 is 80.9 Å². The maximum Gasteiger partial charge on any atom is 0.573 e. The summed E-state index contributed by atoms with van der Waals surface area (Å²) >= 11 is 13.9. The molecule has 4 aliphatic rings. The molecule has 5 rings (SSSR count). The zero-order chi connectivity index (χ0) is 30.2. The molecular weight excluding hydrogens is 596 g/mol. The van der Waals surface area contributed by atoms with E-state index in [2.05, 4.69) is 4.74 Å². The molecule has 10 nitrogen and oxygen atoms in total. The third kappa shape index (κ3) is 4.27. The van der Waals surface area contributed by atoms with Crippen LogP contribution in [-0.2, 0) is 24.0 Å². The average Bonchev–Trinajstić information content (AvgIpc) is 3.19. The first-order valence-electron chi connectivity index (χ1n) is 12.6. The summed E-state index contributed by atoms with van der Waals surface area (Å²) < 4.78 is 43.1. The van der Waals surface area contributed by atoms with Crippen molar-refractivity contribution in [2.24, 2.45) is 17.8 Å². The summed E-state index contributed by atoms with van der Waals surface area (Å²) in [5.41, 5.74) is -0.0188. The molecular formula is C26H23Cl2F3N2O8. The molecule has 1 aromatic rings. The Hall–Kier alpha value is -3.32. The second kappa shape index (κ2) is 9.62. The van der Waals surface area contributed by atoms with Crippen LogP contribution in [0.1, 0.15) is 37.2 Å². The number of likely N-dealkylation sites (tertiary alicyclic amines) is 2. The smallest absolute Gasteiger partial charge is 0.508 e. The van der Waals surface area contributed by atoms with Gasteiger partial charge >= 0.3 is 12.3 Å². The highest BCUT2D eigenvalue weighted by atomic mass is 35.5. The summed E-state index contributed by atoms with van der Waals surface area (Å²) in [6.45, 7) is -0.147. The second-order valence-electron chi connectivity index (χ2n) is 10.6. The molecule has 3 fully saturated rings. The number of fused-ring (bicyclic) bond motifs is 4. The Bertz CT molecular complexity index is 1420. The number of carbonyl (C=O) groups is 5. The fourth-order valence-corrected chi connectivity index (χ4v) is 7.74. The number of allylic oxidation sites excluding steroid dienone is 2. The molecule has 220 valence electrons. The SMILES string of the molecule is CN1C(=O)C2(Cl)CC3C(=CCC4C(=O)N(CCCC(=O)O)C(=O)C43)C(c3cc(OC(F)(F)F)ccc3O)C2(Cl)C1=O. The van der Waals surface area contributed by atoms with E-state index in [1.54, 1.807) is 6.08 Å². The molecule has 2 saturated heterocycles. The molecule has 2 N–H and O–H groups in total. The Morgan fingerprint density at radius 1 is 1.12 bits per heavy atom. The van der Waals surface area contributed by atoms with E-state index in [4.69, 9.17) is 28.3 Å². The van der Waals surface area contributed by atoms with Gasteiger partial charge in [-0.1, -0.05) is 11.6 Å². The quantitative estimate of drug-likeness (QED) is 0.281. The lowest BCUT2D eigenvalue weighted by atomic mass is 9.56. The van der Waals surface area contributed by atoms with Crippen LogP contribution in [0.4, 0.5) is 13.2 Å². The van der Waals surface area contributed by atoms with Gasteiger partial charge in [-0.05, 0) is 43.4 Å². The number of rotatable bonds is 6. The number of nitrogens with zero attached hydrogens (tertiary/aromatic N) is 2. The van der Waals surface area contributed by atoms with Crippen molar-refractivity contribution in [1.82, 2.24) is 9.80 Å². The van der Waals surface area contributed by atoms with Gasteiger partial charge in [0.1, 0.15) is 11.5 Å². The number of halogens is 5. The van der Waals surface area contributed by atoms with Crippen molar-refractivity contribution in [1.29, 1.82) is 0 Å². The first-order valence-corrected chi connectivity index (χ1v) is 13.3. The number of aromatic hydroxyl groups is 1. The largest absolute Gasteiger partial charge is 0.573 e. The van der Waals surface area contributed by atoms with Crippen molar-refractivity contribution in [2.75, 3.05) is 13.6 Å². The average molecular weight is 619 g/mol. The fourth-order valence-electron chi connectivity index (χ4n) is 6.72. The number of carboxylic acids is 1. The van der Waals surface area contributed by atoms with Crippen molar-refractivity contribution in [3.8, 4) is 11.5 Å². The summed E-state index contributed by atoms with van der Waals surface area (Å²) in [6.07, 6.45) is -4.16. The van der Waals surface area contributed by atoms with Crippen LogP contribution >= 0.6 is 23.2 Å². The van der Waals surface area contributed by atoms with Crippen molar-refractivity contribution < 1.29 is 52.1 Å². The zero-order valence-corrected chi connectivity index (χ0v) is 22.8. The minimum absolute atomic E-state index is 0.00720. The molecule has 1 saturated carbocycles. The zero-order valence-electron chi connectivity index (χ0n) is 21.3. The first kappa shape index (κ1) is 29.2. The number of phenols is 1. The molecule has 0 aromatic heterocycles. The van der Waals surface area contributed by atoms with Crippen LogP contribution in [0.5, 0.6) is 11.5 Å². The van der Waals surface area contributed by atoms with Crippen molar-refractivity contribution in [3.63, 3.8) is 0 Å². The van der Waals surface area contributed by atoms with Crippen LogP contribution in [-0.4, -0.2) is 79.3 Å². The normalized spacial score (nSPS) is 33.0. The van der Waals surface area contributed by atoms with Crippen molar-refractivity contribution in [3.05, 3.63) is 35.4 Å². The number of benzene rings is 1. The lowest BCUT2D eigenvalue weighted by Crippen LogP contribution is -2.60. The van der Waals surface area contributed by atoms with E-state index in [1.165, 1.54) is 0 Å². The van der Waals surface area contributed by atoms with Gasteiger partial charge in [-0.25, -0.2) is 0 Å². The first-order chi connectivity index (χ1) is 19.0. The highest BCUT2D eigenvalue weighted by Gasteiger charge is 2.76. The maximum absolute atomic E-state index is 13.6. The molecule has 1 aromatic carbocycles. The number of hydrogen-bond acceptors (Lipinski definition) is 7. The molecule has 2 heterocycles. The lowest BCUT2D eigenvalue weighted by Gasteiger charge is -2.50. The van der Waals surface area contributed by atoms with Crippen LogP contribution in [0.15, 0.2) is 29.8 Å². The monoisotopic (exact) mass is 618 g/mol. The number of alkyl halides is 5. The van der Waals surface area contributed by atoms with Gasteiger partial charge in [-0.15, -0.1) is 36.4 Å². The topological polar surface area (TPSA) is 142 Å². The van der Waals surface area contributed by atoms with E-state index in [-0.39, 0.29) is 43.4 Å². The molecule has 41 heavy (non-hydrogen) atoms. The van der Waals surface area contributed by atoms with Crippen molar-refractivity contribution in [2.45, 2.75) is 47.7 Å². The predicted molar refractivity (Wildman–Crippen MR) is 134 cm³/mol. The Morgan fingerprint density at radius 3 is 2.44 bits per heavy atom. The second-order valence-corrected chi connectivity index (χ2v) is 11.8. The minimum atomic E-state index is -5.09. The molecule has 6 atom stereocenters. The maximum atomic E-state index is 13.6. The number of aliphatic carboxylic acids is 1. The van der Waals surface area contributed by atoms with E-state index in [0.29, 0.717) is 4.90 Å². The molecule has 0 radical (unpaired) electrons. The standard InChI is InChI=1S/C26H23Cl2F3N2O8/c1-32-22(39)24(27)10-15-12(5-6-13-18(15)21(38)33(20(13)37)8-2-3-17(35)36)19(25(24,28)23(32)40)14-9-11(4-7-16(14)34)41-26(29,30)31/h4-5,7,9,13,15,18-19,34H,2-3,6,8,10H2,1H3,(H,35,36). The summed E-state index contributed by atoms with van der Waals surface area (Å²) in [5, 5.41) is 19.8. The highest BCUT2D eigenvalue weighted by molar-refractivity contribution is 6.53. The van der Waals surface area contributed by atoms with Crippen molar-refractivity contribution >= 4 is 52.8 Å². The Morgan fingerprint density at radius 2 is 1.80 bits per heavy atom.